The summed E-state index contributed by atoms with van der Waals surface area (Å²) in [6.45, 7) is 1.08. The van der Waals surface area contributed by atoms with Crippen LogP contribution in [0.3, 0.4) is 0 Å². The number of methoxy groups -OCH3 is 1. The minimum absolute atomic E-state index is 0.0300. The highest BCUT2D eigenvalue weighted by molar-refractivity contribution is 5.76. The van der Waals surface area contributed by atoms with Crippen LogP contribution in [0, 0.1) is 0 Å². The van der Waals surface area contributed by atoms with Crippen molar-refractivity contribution in [2.75, 3.05) is 20.2 Å². The number of benzene rings is 1. The summed E-state index contributed by atoms with van der Waals surface area (Å²) in [6, 6.07) is 5.26. The van der Waals surface area contributed by atoms with E-state index in [0.29, 0.717) is 25.3 Å². The minimum Gasteiger partial charge on any atom is -0.504 e. The number of rotatable bonds is 2. The second kappa shape index (κ2) is 5.05. The van der Waals surface area contributed by atoms with Gasteiger partial charge in [0, 0.05) is 25.1 Å². The quantitative estimate of drug-likeness (QED) is 0.701. The molecule has 1 heterocycles. The van der Waals surface area contributed by atoms with Gasteiger partial charge in [-0.25, -0.2) is 0 Å². The maximum Gasteiger partial charge on any atom is 0.221 e. The van der Waals surface area contributed by atoms with Crippen LogP contribution >= 0.6 is 0 Å². The molecule has 0 aliphatic carbocycles. The number of phenolic OH excluding ortho intramolecular Hbond substituents is 1. The Morgan fingerprint density at radius 1 is 1.47 bits per heavy atom. The summed E-state index contributed by atoms with van der Waals surface area (Å²) in [5.41, 5.74) is 0.742. The van der Waals surface area contributed by atoms with E-state index in [1.54, 1.807) is 6.07 Å². The van der Waals surface area contributed by atoms with Crippen molar-refractivity contribution in [2.24, 2.45) is 0 Å². The fraction of sp³-hybridized carbons (Fsp3) is 0.417. The predicted octanol–water partition coefficient (Wildman–Crippen LogP) is 0.551. The fourth-order valence-electron chi connectivity index (χ4n) is 1.94. The number of para-hydroxylation sites is 1. The van der Waals surface area contributed by atoms with Crippen LogP contribution in [-0.4, -0.2) is 31.2 Å². The Balaban J connectivity index is 2.24. The maximum absolute atomic E-state index is 11.2. The second-order valence-corrected chi connectivity index (χ2v) is 3.96. The Morgan fingerprint density at radius 3 is 3.06 bits per heavy atom. The molecule has 0 spiro atoms. The molecule has 92 valence electrons. The maximum atomic E-state index is 11.2. The van der Waals surface area contributed by atoms with Gasteiger partial charge >= 0.3 is 0 Å². The number of ether oxygens (including phenoxy) is 1. The van der Waals surface area contributed by atoms with Crippen molar-refractivity contribution in [1.82, 2.24) is 10.6 Å². The summed E-state index contributed by atoms with van der Waals surface area (Å²) >= 11 is 0. The van der Waals surface area contributed by atoms with E-state index in [4.69, 9.17) is 4.74 Å². The first kappa shape index (κ1) is 11.7. The molecule has 5 heteroatoms. The molecule has 1 fully saturated rings. The van der Waals surface area contributed by atoms with Crippen molar-refractivity contribution in [1.29, 1.82) is 0 Å². The largest absolute Gasteiger partial charge is 0.504 e. The highest BCUT2D eigenvalue weighted by Gasteiger charge is 2.20. The number of amides is 1. The van der Waals surface area contributed by atoms with Gasteiger partial charge in [-0.3, -0.25) is 4.79 Å². The topological polar surface area (TPSA) is 70.6 Å². The SMILES string of the molecule is COc1cccc(C2CNC(=O)CCN2)c1O. The molecule has 0 saturated carbocycles. The van der Waals surface area contributed by atoms with E-state index in [-0.39, 0.29) is 17.7 Å². The first-order valence-corrected chi connectivity index (χ1v) is 5.58. The van der Waals surface area contributed by atoms with Crippen LogP contribution in [-0.2, 0) is 4.79 Å². The minimum atomic E-state index is -0.0865. The number of aromatic hydroxyl groups is 1. The van der Waals surface area contributed by atoms with Gasteiger partial charge in [0.05, 0.1) is 13.2 Å². The third kappa shape index (κ3) is 2.50. The number of hydrogen-bond donors (Lipinski definition) is 3. The smallest absolute Gasteiger partial charge is 0.221 e. The summed E-state index contributed by atoms with van der Waals surface area (Å²) in [5, 5.41) is 16.0. The monoisotopic (exact) mass is 236 g/mol. The predicted molar refractivity (Wildman–Crippen MR) is 63.0 cm³/mol. The molecule has 1 unspecified atom stereocenters. The van der Waals surface area contributed by atoms with Gasteiger partial charge in [0.1, 0.15) is 0 Å². The number of nitrogens with one attached hydrogen (secondary N) is 2. The molecule has 0 radical (unpaired) electrons. The van der Waals surface area contributed by atoms with Gasteiger partial charge in [0.2, 0.25) is 5.91 Å². The summed E-state index contributed by atoms with van der Waals surface area (Å²) in [7, 11) is 1.52. The van der Waals surface area contributed by atoms with Crippen LogP contribution in [0.15, 0.2) is 18.2 Å². The molecule has 17 heavy (non-hydrogen) atoms. The van der Waals surface area contributed by atoms with E-state index in [1.165, 1.54) is 7.11 Å². The van der Waals surface area contributed by atoms with E-state index < -0.39 is 0 Å². The highest BCUT2D eigenvalue weighted by atomic mass is 16.5. The average molecular weight is 236 g/mol. The van der Waals surface area contributed by atoms with E-state index in [2.05, 4.69) is 10.6 Å². The van der Waals surface area contributed by atoms with Crippen LogP contribution in [0.2, 0.25) is 0 Å². The van der Waals surface area contributed by atoms with Gasteiger partial charge < -0.3 is 20.5 Å². The number of carbonyl (C=O) groups is 1. The van der Waals surface area contributed by atoms with Gasteiger partial charge in [0.15, 0.2) is 11.5 Å². The molecule has 1 aromatic rings. The zero-order valence-electron chi connectivity index (χ0n) is 9.69. The van der Waals surface area contributed by atoms with E-state index in [1.807, 2.05) is 12.1 Å². The van der Waals surface area contributed by atoms with Gasteiger partial charge in [-0.15, -0.1) is 0 Å². The fourth-order valence-corrected chi connectivity index (χ4v) is 1.94. The number of hydrogen-bond acceptors (Lipinski definition) is 4. The normalized spacial score (nSPS) is 20.5. The van der Waals surface area contributed by atoms with Crippen LogP contribution in [0.4, 0.5) is 0 Å². The van der Waals surface area contributed by atoms with Crippen molar-refractivity contribution < 1.29 is 14.6 Å². The first-order chi connectivity index (χ1) is 8.22. The standard InChI is InChI=1S/C12H16N2O3/c1-17-10-4-2-3-8(12(10)16)9-7-14-11(15)5-6-13-9/h2-4,9,13,16H,5-7H2,1H3,(H,14,15). The molecule has 0 aromatic heterocycles. The second-order valence-electron chi connectivity index (χ2n) is 3.96. The van der Waals surface area contributed by atoms with E-state index in [0.717, 1.165) is 5.56 Å². The van der Waals surface area contributed by atoms with Crippen molar-refractivity contribution in [2.45, 2.75) is 12.5 Å². The molecule has 1 aromatic carbocycles. The number of phenols is 1. The molecule has 1 saturated heterocycles. The molecule has 2 rings (SSSR count). The average Bonchev–Trinajstić information content (AvgIpc) is 2.54. The molecular formula is C12H16N2O3. The lowest BCUT2D eigenvalue weighted by atomic mass is 10.1. The number of carbonyl (C=O) groups excluding carboxylic acids is 1. The molecule has 1 amide bonds. The molecule has 5 nitrogen and oxygen atoms in total. The zero-order chi connectivity index (χ0) is 12.3. The summed E-state index contributed by atoms with van der Waals surface area (Å²) < 4.78 is 5.06. The first-order valence-electron chi connectivity index (χ1n) is 5.58. The zero-order valence-corrected chi connectivity index (χ0v) is 9.69. The molecule has 1 aliphatic rings. The highest BCUT2D eigenvalue weighted by Crippen LogP contribution is 2.33. The Labute approximate surface area is 99.8 Å². The van der Waals surface area contributed by atoms with Crippen LogP contribution in [0.1, 0.15) is 18.0 Å². The Bertz CT molecular complexity index is 420. The van der Waals surface area contributed by atoms with E-state index >= 15 is 0 Å². The molecule has 0 bridgehead atoms. The van der Waals surface area contributed by atoms with Crippen molar-refractivity contribution >= 4 is 5.91 Å². The summed E-state index contributed by atoms with van der Waals surface area (Å²) in [6.07, 6.45) is 0.460. The molecule has 1 atom stereocenters. The van der Waals surface area contributed by atoms with Crippen molar-refractivity contribution in [3.63, 3.8) is 0 Å². The Hall–Kier alpha value is -1.75. The third-order valence-electron chi connectivity index (χ3n) is 2.87. The van der Waals surface area contributed by atoms with Crippen molar-refractivity contribution in [3.05, 3.63) is 23.8 Å². The lowest BCUT2D eigenvalue weighted by Crippen LogP contribution is -2.28. The van der Waals surface area contributed by atoms with Crippen LogP contribution in [0.25, 0.3) is 0 Å². The van der Waals surface area contributed by atoms with Gasteiger partial charge in [-0.2, -0.15) is 0 Å². The molecular weight excluding hydrogens is 220 g/mol. The molecule has 3 N–H and O–H groups in total. The third-order valence-corrected chi connectivity index (χ3v) is 2.87. The lowest BCUT2D eigenvalue weighted by Gasteiger charge is -2.18. The van der Waals surface area contributed by atoms with Crippen molar-refractivity contribution in [3.8, 4) is 11.5 Å². The molecule has 1 aliphatic heterocycles. The lowest BCUT2D eigenvalue weighted by molar-refractivity contribution is -0.120. The van der Waals surface area contributed by atoms with Crippen LogP contribution < -0.4 is 15.4 Å². The van der Waals surface area contributed by atoms with E-state index in [9.17, 15) is 9.90 Å². The Kier molecular flexibility index (Phi) is 3.49. The van der Waals surface area contributed by atoms with Crippen LogP contribution in [0.5, 0.6) is 11.5 Å². The van der Waals surface area contributed by atoms with Gasteiger partial charge in [0.25, 0.3) is 0 Å². The van der Waals surface area contributed by atoms with Gasteiger partial charge in [-0.1, -0.05) is 12.1 Å². The summed E-state index contributed by atoms with van der Waals surface area (Å²) in [4.78, 5) is 11.2. The van der Waals surface area contributed by atoms with Gasteiger partial charge in [-0.05, 0) is 6.07 Å². The Morgan fingerprint density at radius 2 is 2.29 bits per heavy atom. The summed E-state index contributed by atoms with van der Waals surface area (Å²) in [5.74, 6) is 0.603.